The number of aliphatic hydroxyl groups excluding tert-OH is 1. The first-order chi connectivity index (χ1) is 13.5. The maximum atomic E-state index is 13.0. The molecule has 3 aromatic rings. The van der Waals surface area contributed by atoms with Gasteiger partial charge in [-0.25, -0.2) is 0 Å². The molecule has 3 nitrogen and oxygen atoms in total. The van der Waals surface area contributed by atoms with Crippen LogP contribution in [0.1, 0.15) is 28.3 Å². The summed E-state index contributed by atoms with van der Waals surface area (Å²) in [5, 5.41) is 10.8. The number of aryl methyl sites for hydroxylation is 1. The van der Waals surface area contributed by atoms with Crippen molar-refractivity contribution >= 4 is 27.4 Å². The number of halogens is 1. The first-order valence-corrected chi connectivity index (χ1v) is 9.94. The van der Waals surface area contributed by atoms with Crippen LogP contribution in [0.2, 0.25) is 0 Å². The van der Waals surface area contributed by atoms with Gasteiger partial charge in [0.2, 0.25) is 0 Å². The fourth-order valence-corrected chi connectivity index (χ4v) is 4.06. The smallest absolute Gasteiger partial charge is 0.290 e. The Morgan fingerprint density at radius 2 is 1.68 bits per heavy atom. The molecule has 140 valence electrons. The molecule has 1 heterocycles. The molecule has 1 aliphatic heterocycles. The van der Waals surface area contributed by atoms with E-state index < -0.39 is 0 Å². The predicted molar refractivity (Wildman–Crippen MR) is 115 cm³/mol. The fourth-order valence-electron chi connectivity index (χ4n) is 3.64. The normalized spacial score (nSPS) is 16.7. The van der Waals surface area contributed by atoms with Gasteiger partial charge in [-0.05, 0) is 35.7 Å². The lowest BCUT2D eigenvalue weighted by atomic mass is 9.93. The number of carbonyl (C=O) groups excluding carboxylic acids is 1. The van der Waals surface area contributed by atoms with E-state index in [2.05, 4.69) is 15.9 Å². The van der Waals surface area contributed by atoms with E-state index >= 15 is 0 Å². The second kappa shape index (κ2) is 7.64. The molecule has 4 rings (SSSR count). The number of benzene rings is 3. The highest BCUT2D eigenvalue weighted by Crippen LogP contribution is 2.44. The lowest BCUT2D eigenvalue weighted by molar-refractivity contribution is -0.130. The highest BCUT2D eigenvalue weighted by Gasteiger charge is 2.40. The molecule has 0 saturated carbocycles. The zero-order chi connectivity index (χ0) is 19.7. The number of aliphatic hydroxyl groups is 1. The molecule has 28 heavy (non-hydrogen) atoms. The predicted octanol–water partition coefficient (Wildman–Crippen LogP) is 5.81. The minimum atomic E-state index is -0.353. The third-order valence-corrected chi connectivity index (χ3v) is 5.52. The Balaban J connectivity index is 1.81. The monoisotopic (exact) mass is 433 g/mol. The van der Waals surface area contributed by atoms with E-state index in [4.69, 9.17) is 0 Å². The zero-order valence-corrected chi connectivity index (χ0v) is 17.1. The summed E-state index contributed by atoms with van der Waals surface area (Å²) in [4.78, 5) is 14.8. The van der Waals surface area contributed by atoms with E-state index in [0.29, 0.717) is 12.1 Å². The van der Waals surface area contributed by atoms with Crippen LogP contribution in [0.4, 0.5) is 0 Å². The van der Waals surface area contributed by atoms with E-state index in [9.17, 15) is 9.90 Å². The average Bonchev–Trinajstić information content (AvgIpc) is 2.95. The first kappa shape index (κ1) is 18.5. The van der Waals surface area contributed by atoms with Crippen molar-refractivity contribution in [2.45, 2.75) is 19.5 Å². The van der Waals surface area contributed by atoms with Gasteiger partial charge in [-0.2, -0.15) is 0 Å². The number of amides is 1. The van der Waals surface area contributed by atoms with Crippen LogP contribution in [0, 0.1) is 6.92 Å². The first-order valence-electron chi connectivity index (χ1n) is 9.15. The number of carbonyl (C=O) groups is 1. The van der Waals surface area contributed by atoms with Gasteiger partial charge in [0.25, 0.3) is 5.91 Å². The molecule has 1 amide bonds. The molecule has 0 radical (unpaired) electrons. The van der Waals surface area contributed by atoms with Crippen molar-refractivity contribution in [1.29, 1.82) is 0 Å². The van der Waals surface area contributed by atoms with Crippen molar-refractivity contribution in [2.75, 3.05) is 0 Å². The molecule has 0 unspecified atom stereocenters. The summed E-state index contributed by atoms with van der Waals surface area (Å²) in [7, 11) is 0. The molecule has 0 spiro atoms. The van der Waals surface area contributed by atoms with Crippen molar-refractivity contribution < 1.29 is 9.90 Å². The van der Waals surface area contributed by atoms with E-state index in [1.54, 1.807) is 4.90 Å². The van der Waals surface area contributed by atoms with Gasteiger partial charge in [-0.1, -0.05) is 88.2 Å². The van der Waals surface area contributed by atoms with Crippen LogP contribution < -0.4 is 0 Å². The topological polar surface area (TPSA) is 40.5 Å². The van der Waals surface area contributed by atoms with Gasteiger partial charge in [-0.15, -0.1) is 0 Å². The Labute approximate surface area is 173 Å². The molecular formula is C24H20BrNO2. The lowest BCUT2D eigenvalue weighted by Gasteiger charge is -2.27. The molecular weight excluding hydrogens is 414 g/mol. The van der Waals surface area contributed by atoms with Gasteiger partial charge >= 0.3 is 0 Å². The second-order valence-electron chi connectivity index (χ2n) is 7.00. The lowest BCUT2D eigenvalue weighted by Crippen LogP contribution is -2.29. The van der Waals surface area contributed by atoms with Crippen molar-refractivity contribution in [2.24, 2.45) is 0 Å². The Hall–Kier alpha value is -2.85. The molecule has 0 aromatic heterocycles. The molecule has 3 aromatic carbocycles. The number of nitrogens with zero attached hydrogens (tertiary/aromatic N) is 1. The van der Waals surface area contributed by atoms with Crippen molar-refractivity contribution in [3.05, 3.63) is 111 Å². The average molecular weight is 434 g/mol. The summed E-state index contributed by atoms with van der Waals surface area (Å²) in [5.74, 6) is -0.521. The quantitative estimate of drug-likeness (QED) is 0.563. The van der Waals surface area contributed by atoms with Gasteiger partial charge < -0.3 is 10.0 Å². The van der Waals surface area contributed by atoms with Gasteiger partial charge in [0.1, 0.15) is 0 Å². The summed E-state index contributed by atoms with van der Waals surface area (Å²) in [6.45, 7) is 2.46. The summed E-state index contributed by atoms with van der Waals surface area (Å²) in [6.07, 6.45) is 0. The Bertz CT molecular complexity index is 1040. The van der Waals surface area contributed by atoms with Crippen LogP contribution in [0.5, 0.6) is 0 Å². The van der Waals surface area contributed by atoms with Crippen molar-refractivity contribution in [1.82, 2.24) is 4.90 Å². The Morgan fingerprint density at radius 1 is 0.964 bits per heavy atom. The van der Waals surface area contributed by atoms with Crippen LogP contribution in [0.25, 0.3) is 5.57 Å². The van der Waals surface area contributed by atoms with Gasteiger partial charge in [0.15, 0.2) is 5.76 Å². The Morgan fingerprint density at radius 3 is 2.36 bits per heavy atom. The van der Waals surface area contributed by atoms with Crippen LogP contribution in [0.15, 0.2) is 89.1 Å². The zero-order valence-electron chi connectivity index (χ0n) is 15.5. The molecule has 1 atom stereocenters. The highest BCUT2D eigenvalue weighted by molar-refractivity contribution is 9.10. The third kappa shape index (κ3) is 3.48. The van der Waals surface area contributed by atoms with Crippen LogP contribution in [-0.2, 0) is 11.3 Å². The molecule has 1 aliphatic rings. The maximum absolute atomic E-state index is 13.0. The van der Waals surface area contributed by atoms with Crippen molar-refractivity contribution in [3.8, 4) is 0 Å². The summed E-state index contributed by atoms with van der Waals surface area (Å²) >= 11 is 3.53. The molecule has 0 aliphatic carbocycles. The molecule has 0 fully saturated rings. The molecule has 1 N–H and O–H groups in total. The third-order valence-electron chi connectivity index (χ3n) is 5.03. The number of hydrogen-bond acceptors (Lipinski definition) is 2. The van der Waals surface area contributed by atoms with Crippen LogP contribution in [0.3, 0.4) is 0 Å². The van der Waals surface area contributed by atoms with Gasteiger partial charge in [-0.3, -0.25) is 4.79 Å². The fraction of sp³-hybridized carbons (Fsp3) is 0.125. The Kier molecular flexibility index (Phi) is 5.05. The summed E-state index contributed by atoms with van der Waals surface area (Å²) in [5.41, 5.74) is 4.66. The second-order valence-corrected chi connectivity index (χ2v) is 7.92. The molecule has 0 bridgehead atoms. The highest BCUT2D eigenvalue weighted by atomic mass is 79.9. The number of hydrogen-bond donors (Lipinski definition) is 1. The van der Waals surface area contributed by atoms with E-state index in [0.717, 1.165) is 21.2 Å². The molecule has 4 heteroatoms. The summed E-state index contributed by atoms with van der Waals surface area (Å²) in [6, 6.07) is 25.3. The van der Waals surface area contributed by atoms with E-state index in [1.807, 2.05) is 85.8 Å². The minimum absolute atomic E-state index is 0.178. The largest absolute Gasteiger partial charge is 0.503 e. The van der Waals surface area contributed by atoms with Gasteiger partial charge in [0, 0.05) is 16.6 Å². The van der Waals surface area contributed by atoms with E-state index in [1.165, 1.54) is 5.56 Å². The minimum Gasteiger partial charge on any atom is -0.503 e. The van der Waals surface area contributed by atoms with Crippen molar-refractivity contribution in [3.63, 3.8) is 0 Å². The standard InChI is InChI=1S/C24H20BrNO2/c1-16-10-12-17(13-11-16)15-26-22(19-8-5-9-20(25)14-19)21(23(27)24(26)28)18-6-3-2-4-7-18/h2-14,22,27H,15H2,1H3/t22-/m0/s1. The number of rotatable bonds is 4. The van der Waals surface area contributed by atoms with Crippen LogP contribution >= 0.6 is 15.9 Å². The van der Waals surface area contributed by atoms with Gasteiger partial charge in [0.05, 0.1) is 6.04 Å². The van der Waals surface area contributed by atoms with Crippen LogP contribution in [-0.4, -0.2) is 15.9 Å². The molecule has 0 saturated heterocycles. The SMILES string of the molecule is Cc1ccc(CN2C(=O)C(O)=C(c3ccccc3)[C@@H]2c2cccc(Br)c2)cc1. The maximum Gasteiger partial charge on any atom is 0.290 e. The summed E-state index contributed by atoms with van der Waals surface area (Å²) < 4.78 is 0.937. The van der Waals surface area contributed by atoms with E-state index in [-0.39, 0.29) is 17.7 Å².